The van der Waals surface area contributed by atoms with Crippen LogP contribution in [0.25, 0.3) is 5.69 Å². The molecule has 0 fully saturated rings. The van der Waals surface area contributed by atoms with Crippen LogP contribution in [0.3, 0.4) is 0 Å². The quantitative estimate of drug-likeness (QED) is 0.475. The summed E-state index contributed by atoms with van der Waals surface area (Å²) >= 11 is 0. The maximum absolute atomic E-state index is 13.2. The molecule has 0 saturated carbocycles. The van der Waals surface area contributed by atoms with Gasteiger partial charge in [0, 0.05) is 43.7 Å². The molecule has 4 rings (SSSR count). The number of nitrogens with zero attached hydrogens (tertiary/aromatic N) is 5. The van der Waals surface area contributed by atoms with Gasteiger partial charge >= 0.3 is 6.18 Å². The highest BCUT2D eigenvalue weighted by Crippen LogP contribution is 2.37. The fraction of sp³-hybridized carbons (Fsp3) is 0.292. The lowest BCUT2D eigenvalue weighted by molar-refractivity contribution is -0.177. The van der Waals surface area contributed by atoms with E-state index in [1.807, 2.05) is 17.2 Å². The van der Waals surface area contributed by atoms with E-state index in [-0.39, 0.29) is 23.6 Å². The third-order valence-corrected chi connectivity index (χ3v) is 5.45. The smallest absolute Gasteiger partial charge is 0.437 e. The van der Waals surface area contributed by atoms with E-state index < -0.39 is 12.3 Å². The van der Waals surface area contributed by atoms with E-state index >= 15 is 0 Å². The van der Waals surface area contributed by atoms with Crippen molar-refractivity contribution in [2.24, 2.45) is 0 Å². The zero-order valence-electron chi connectivity index (χ0n) is 18.8. The Labute approximate surface area is 199 Å². The second kappa shape index (κ2) is 9.57. The first kappa shape index (κ1) is 23.9. The van der Waals surface area contributed by atoms with Crippen LogP contribution in [0, 0.1) is 23.7 Å². The van der Waals surface area contributed by atoms with Crippen LogP contribution in [0.1, 0.15) is 22.4 Å². The summed E-state index contributed by atoms with van der Waals surface area (Å²) in [6.45, 7) is 1.07. The number of alkyl halides is 3. The van der Waals surface area contributed by atoms with Gasteiger partial charge in [-0.2, -0.15) is 23.5 Å². The van der Waals surface area contributed by atoms with Gasteiger partial charge in [-0.25, -0.2) is 9.67 Å². The first-order chi connectivity index (χ1) is 16.8. The van der Waals surface area contributed by atoms with Crippen molar-refractivity contribution in [3.05, 3.63) is 59.0 Å². The Morgan fingerprint density at radius 1 is 1.20 bits per heavy atom. The molecule has 0 bridgehead atoms. The summed E-state index contributed by atoms with van der Waals surface area (Å²) in [6, 6.07) is 8.19. The van der Waals surface area contributed by atoms with Crippen LogP contribution in [-0.4, -0.2) is 46.2 Å². The second-order valence-electron chi connectivity index (χ2n) is 7.69. The molecule has 11 heteroatoms. The van der Waals surface area contributed by atoms with Gasteiger partial charge in [-0.15, -0.1) is 6.42 Å². The number of fused-ring (bicyclic) bond motifs is 1. The monoisotopic (exact) mass is 483 g/mol. The summed E-state index contributed by atoms with van der Waals surface area (Å²) < 4.78 is 57.2. The van der Waals surface area contributed by atoms with Crippen LogP contribution >= 0.6 is 0 Å². The Morgan fingerprint density at radius 3 is 2.63 bits per heavy atom. The summed E-state index contributed by atoms with van der Waals surface area (Å²) in [5.41, 5.74) is 3.02. The molecule has 3 aromatic rings. The van der Waals surface area contributed by atoms with Crippen LogP contribution in [0.2, 0.25) is 0 Å². The molecule has 8 nitrogen and oxygen atoms in total. The lowest BCUT2D eigenvalue weighted by Gasteiger charge is -2.23. The summed E-state index contributed by atoms with van der Waals surface area (Å²) in [4.78, 5) is 6.04. The minimum absolute atomic E-state index is 0.0976. The van der Waals surface area contributed by atoms with E-state index in [0.29, 0.717) is 24.5 Å². The molecule has 0 saturated heterocycles. The van der Waals surface area contributed by atoms with Gasteiger partial charge in [0.05, 0.1) is 36.7 Å². The summed E-state index contributed by atoms with van der Waals surface area (Å²) in [6.07, 6.45) is 1.37. The number of pyridine rings is 1. The molecule has 0 spiro atoms. The van der Waals surface area contributed by atoms with Gasteiger partial charge in [-0.05, 0) is 18.2 Å². The van der Waals surface area contributed by atoms with Gasteiger partial charge in [0.1, 0.15) is 17.6 Å². The molecule has 1 aromatic carbocycles. The molecule has 2 aromatic heterocycles. The molecular formula is C24H20F3N5O3. The fourth-order valence-electron chi connectivity index (χ4n) is 3.85. The predicted molar refractivity (Wildman–Crippen MR) is 118 cm³/mol. The molecule has 0 N–H and O–H groups in total. The van der Waals surface area contributed by atoms with Gasteiger partial charge < -0.3 is 14.2 Å². The molecule has 1 aliphatic heterocycles. The summed E-state index contributed by atoms with van der Waals surface area (Å²) in [5, 5.41) is 14.1. The Kier molecular flexibility index (Phi) is 6.54. The number of nitriles is 1. The number of hydrogen-bond donors (Lipinski definition) is 0. The summed E-state index contributed by atoms with van der Waals surface area (Å²) in [5.74, 6) is 2.13. The topological polar surface area (TPSA) is 85.4 Å². The van der Waals surface area contributed by atoms with Gasteiger partial charge in [0.2, 0.25) is 5.88 Å². The number of benzene rings is 1. The lowest BCUT2D eigenvalue weighted by Crippen LogP contribution is -2.33. The van der Waals surface area contributed by atoms with Crippen LogP contribution in [0.5, 0.6) is 17.4 Å². The van der Waals surface area contributed by atoms with Crippen molar-refractivity contribution in [3.8, 4) is 41.5 Å². The number of rotatable bonds is 7. The van der Waals surface area contributed by atoms with Crippen molar-refractivity contribution < 1.29 is 27.4 Å². The van der Waals surface area contributed by atoms with E-state index in [0.717, 1.165) is 16.9 Å². The maximum Gasteiger partial charge on any atom is 0.437 e. The van der Waals surface area contributed by atoms with E-state index in [4.69, 9.17) is 20.6 Å². The van der Waals surface area contributed by atoms with Crippen molar-refractivity contribution in [3.63, 3.8) is 0 Å². The third-order valence-electron chi connectivity index (χ3n) is 5.45. The molecule has 35 heavy (non-hydrogen) atoms. The summed E-state index contributed by atoms with van der Waals surface area (Å²) in [7, 11) is 2.87. The highest BCUT2D eigenvalue weighted by atomic mass is 19.4. The van der Waals surface area contributed by atoms with Crippen molar-refractivity contribution in [2.45, 2.75) is 31.9 Å². The van der Waals surface area contributed by atoms with Gasteiger partial charge in [0.15, 0.2) is 0 Å². The van der Waals surface area contributed by atoms with Crippen LogP contribution < -0.4 is 14.2 Å². The second-order valence-corrected chi connectivity index (χ2v) is 7.69. The number of hydrogen-bond acceptors (Lipinski definition) is 7. The van der Waals surface area contributed by atoms with Crippen LogP contribution in [0.15, 0.2) is 36.7 Å². The van der Waals surface area contributed by atoms with E-state index in [1.54, 1.807) is 28.9 Å². The highest BCUT2D eigenvalue weighted by molar-refractivity contribution is 5.55. The first-order valence-electron chi connectivity index (χ1n) is 10.4. The van der Waals surface area contributed by atoms with Crippen molar-refractivity contribution >= 4 is 0 Å². The van der Waals surface area contributed by atoms with Gasteiger partial charge in [-0.1, -0.05) is 5.92 Å². The highest BCUT2D eigenvalue weighted by Gasteiger charge is 2.41. The number of halogens is 3. The lowest BCUT2D eigenvalue weighted by atomic mass is 10.1. The minimum atomic E-state index is -4.75. The molecule has 3 heterocycles. The molecule has 1 atom stereocenters. The molecule has 180 valence electrons. The van der Waals surface area contributed by atoms with Crippen molar-refractivity contribution in [1.82, 2.24) is 19.7 Å². The number of terminal acetylenes is 1. The van der Waals surface area contributed by atoms with Gasteiger partial charge in [-0.3, -0.25) is 4.90 Å². The zero-order chi connectivity index (χ0) is 25.2. The third kappa shape index (κ3) is 4.86. The largest absolute Gasteiger partial charge is 0.495 e. The molecule has 0 radical (unpaired) electrons. The Hall–Kier alpha value is -4.22. The van der Waals surface area contributed by atoms with E-state index in [9.17, 15) is 18.4 Å². The van der Waals surface area contributed by atoms with Gasteiger partial charge in [0.25, 0.3) is 6.10 Å². The molecule has 1 aliphatic rings. The number of methoxy groups -OCH3 is 2. The fourth-order valence-corrected chi connectivity index (χ4v) is 3.85. The number of aromatic nitrogens is 3. The van der Waals surface area contributed by atoms with E-state index in [1.165, 1.54) is 26.4 Å². The SMILES string of the molecule is C#CC(Oc1ccc(C#N)c(OC)c1CN1Cc2cn(-c3ccnc(OC)c3)nc2C1)C(F)(F)F. The minimum Gasteiger partial charge on any atom is -0.495 e. The maximum atomic E-state index is 13.2. The first-order valence-corrected chi connectivity index (χ1v) is 10.4. The van der Waals surface area contributed by atoms with Crippen molar-refractivity contribution in [1.29, 1.82) is 5.26 Å². The Bertz CT molecular complexity index is 1300. The molecule has 1 unspecified atom stereocenters. The molecule has 0 amide bonds. The van der Waals surface area contributed by atoms with Crippen molar-refractivity contribution in [2.75, 3.05) is 14.2 Å². The van der Waals surface area contributed by atoms with Crippen LogP contribution in [0.4, 0.5) is 13.2 Å². The standard InChI is InChI=1S/C24H20F3N5O3/c1-4-21(24(25,26)27)35-20-6-5-15(10-28)23(34-3)18(20)13-31-11-16-12-32(30-19(16)14-31)17-7-8-29-22(9-17)33-2/h1,5-9,12,21H,11,13-14H2,2-3H3. The average molecular weight is 483 g/mol. The molecular weight excluding hydrogens is 463 g/mol. The Balaban J connectivity index is 1.59. The zero-order valence-corrected chi connectivity index (χ0v) is 18.8. The Morgan fingerprint density at radius 2 is 2.00 bits per heavy atom. The van der Waals surface area contributed by atoms with E-state index in [2.05, 4.69) is 10.1 Å². The predicted octanol–water partition coefficient (Wildman–Crippen LogP) is 3.61. The average Bonchev–Trinajstić information content (AvgIpc) is 3.41. The van der Waals surface area contributed by atoms with Crippen LogP contribution in [-0.2, 0) is 19.6 Å². The normalized spacial score (nSPS) is 14.0. The number of ether oxygens (including phenoxy) is 3. The molecule has 0 aliphatic carbocycles.